The molecule has 1 amide bonds. The van der Waals surface area contributed by atoms with Crippen LogP contribution in [0.15, 0.2) is 41.5 Å². The zero-order valence-electron chi connectivity index (χ0n) is 15.7. The molecular weight excluding hydrogens is 459 g/mol. The quantitative estimate of drug-likeness (QED) is 0.382. The van der Waals surface area contributed by atoms with Crippen LogP contribution in [-0.2, 0) is 18.4 Å². The summed E-state index contributed by atoms with van der Waals surface area (Å²) in [6, 6.07) is 9.48. The third-order valence-corrected chi connectivity index (χ3v) is 4.41. The lowest BCUT2D eigenvalue weighted by molar-refractivity contribution is -0.117. The number of hydrogen-bond donors (Lipinski definition) is 2. The van der Waals surface area contributed by atoms with Crippen molar-refractivity contribution >= 4 is 41.5 Å². The first-order chi connectivity index (χ1) is 12.6. The Balaban J connectivity index is 0.00000261. The fourth-order valence-corrected chi connectivity index (χ4v) is 2.97. The number of aromatic nitrogens is 2. The standard InChI is InChI=1S/C18H24N6O2.HI/c1-19-18(20-11-15-7-8-21-23(15)2)22-13-9-17(25)24(12-13)14-5-4-6-16(10-14)26-3;/h4-8,10,13H,9,11-12H2,1-3H3,(H2,19,20,22);1H. The van der Waals surface area contributed by atoms with Gasteiger partial charge in [0, 0.05) is 45.0 Å². The monoisotopic (exact) mass is 484 g/mol. The molecule has 0 radical (unpaired) electrons. The predicted molar refractivity (Wildman–Crippen MR) is 116 cm³/mol. The molecule has 0 aliphatic carbocycles. The Labute approximate surface area is 176 Å². The molecule has 1 aliphatic rings. The Morgan fingerprint density at radius 1 is 1.41 bits per heavy atom. The second-order valence-electron chi connectivity index (χ2n) is 6.12. The van der Waals surface area contributed by atoms with Crippen molar-refractivity contribution in [3.8, 4) is 5.75 Å². The van der Waals surface area contributed by atoms with Crippen LogP contribution in [0.1, 0.15) is 12.1 Å². The third-order valence-electron chi connectivity index (χ3n) is 4.41. The number of aryl methyl sites for hydroxylation is 1. The van der Waals surface area contributed by atoms with E-state index in [4.69, 9.17) is 4.74 Å². The van der Waals surface area contributed by atoms with E-state index in [9.17, 15) is 4.79 Å². The van der Waals surface area contributed by atoms with Gasteiger partial charge in [-0.1, -0.05) is 6.07 Å². The number of benzene rings is 1. The number of ether oxygens (including phenoxy) is 1. The molecule has 1 aliphatic heterocycles. The van der Waals surface area contributed by atoms with E-state index < -0.39 is 0 Å². The molecule has 1 aromatic heterocycles. The first-order valence-electron chi connectivity index (χ1n) is 8.49. The van der Waals surface area contributed by atoms with Crippen LogP contribution in [0, 0.1) is 0 Å². The van der Waals surface area contributed by atoms with Crippen LogP contribution < -0.4 is 20.3 Å². The van der Waals surface area contributed by atoms with Crippen molar-refractivity contribution in [2.24, 2.45) is 12.0 Å². The van der Waals surface area contributed by atoms with Gasteiger partial charge in [0.05, 0.1) is 25.4 Å². The minimum Gasteiger partial charge on any atom is -0.497 e. The van der Waals surface area contributed by atoms with E-state index in [0.29, 0.717) is 25.5 Å². The van der Waals surface area contributed by atoms with Gasteiger partial charge >= 0.3 is 0 Å². The summed E-state index contributed by atoms with van der Waals surface area (Å²) in [7, 11) is 5.23. The Hall–Kier alpha value is -2.30. The summed E-state index contributed by atoms with van der Waals surface area (Å²) in [5.74, 6) is 1.48. The lowest BCUT2D eigenvalue weighted by Crippen LogP contribution is -2.44. The Bertz CT molecular complexity index is 807. The van der Waals surface area contributed by atoms with Gasteiger partial charge in [-0.3, -0.25) is 14.5 Å². The number of aliphatic imine (C=N–C) groups is 1. The number of hydrogen-bond acceptors (Lipinski definition) is 4. The molecule has 3 rings (SSSR count). The third kappa shape index (κ3) is 5.12. The normalized spacial score (nSPS) is 16.9. The molecule has 0 saturated carbocycles. The van der Waals surface area contributed by atoms with Gasteiger partial charge in [-0.25, -0.2) is 0 Å². The maximum absolute atomic E-state index is 12.4. The van der Waals surface area contributed by atoms with Crippen LogP contribution in [-0.4, -0.2) is 48.4 Å². The molecule has 1 aromatic carbocycles. The number of rotatable bonds is 5. The number of carbonyl (C=O) groups is 1. The zero-order valence-corrected chi connectivity index (χ0v) is 18.0. The fraction of sp³-hybridized carbons (Fsp3) is 0.389. The van der Waals surface area contributed by atoms with E-state index in [1.807, 2.05) is 42.1 Å². The van der Waals surface area contributed by atoms with Crippen molar-refractivity contribution < 1.29 is 9.53 Å². The Morgan fingerprint density at radius 2 is 2.22 bits per heavy atom. The summed E-state index contributed by atoms with van der Waals surface area (Å²) >= 11 is 0. The van der Waals surface area contributed by atoms with E-state index in [2.05, 4.69) is 20.7 Å². The second kappa shape index (κ2) is 9.58. The molecule has 8 nitrogen and oxygen atoms in total. The molecule has 2 aromatic rings. The number of halogens is 1. The number of anilines is 1. The highest BCUT2D eigenvalue weighted by molar-refractivity contribution is 14.0. The molecule has 1 unspecified atom stereocenters. The van der Waals surface area contributed by atoms with Gasteiger partial charge in [-0.15, -0.1) is 24.0 Å². The van der Waals surface area contributed by atoms with Crippen LogP contribution in [0.4, 0.5) is 5.69 Å². The summed E-state index contributed by atoms with van der Waals surface area (Å²) in [5, 5.41) is 10.7. The first kappa shape index (κ1) is 21.0. The minimum atomic E-state index is -0.00793. The van der Waals surface area contributed by atoms with E-state index in [-0.39, 0.29) is 35.9 Å². The maximum Gasteiger partial charge on any atom is 0.229 e. The molecule has 2 heterocycles. The number of amides is 1. The Kier molecular flexibility index (Phi) is 7.45. The van der Waals surface area contributed by atoms with Crippen molar-refractivity contribution in [3.63, 3.8) is 0 Å². The average molecular weight is 484 g/mol. The first-order valence-corrected chi connectivity index (χ1v) is 8.49. The number of carbonyl (C=O) groups excluding carboxylic acids is 1. The van der Waals surface area contributed by atoms with E-state index in [0.717, 1.165) is 17.1 Å². The van der Waals surface area contributed by atoms with Gasteiger partial charge in [0.1, 0.15) is 5.75 Å². The number of nitrogens with one attached hydrogen (secondary N) is 2. The number of nitrogens with zero attached hydrogens (tertiary/aromatic N) is 4. The molecule has 1 fully saturated rings. The highest BCUT2D eigenvalue weighted by Gasteiger charge is 2.31. The maximum atomic E-state index is 12.4. The summed E-state index contributed by atoms with van der Waals surface area (Å²) in [6.07, 6.45) is 2.18. The molecule has 0 spiro atoms. The van der Waals surface area contributed by atoms with E-state index >= 15 is 0 Å². The van der Waals surface area contributed by atoms with Crippen molar-refractivity contribution in [2.75, 3.05) is 25.6 Å². The predicted octanol–water partition coefficient (Wildman–Crippen LogP) is 1.52. The SMILES string of the molecule is CN=C(NCc1ccnn1C)NC1CC(=O)N(c2cccc(OC)c2)C1.I. The lowest BCUT2D eigenvalue weighted by atomic mass is 10.2. The smallest absolute Gasteiger partial charge is 0.229 e. The molecule has 9 heteroatoms. The van der Waals surface area contributed by atoms with Gasteiger partial charge in [0.15, 0.2) is 5.96 Å². The summed E-state index contributed by atoms with van der Waals surface area (Å²) < 4.78 is 7.06. The van der Waals surface area contributed by atoms with Gasteiger partial charge in [-0.05, 0) is 18.2 Å². The molecule has 27 heavy (non-hydrogen) atoms. The molecule has 0 bridgehead atoms. The van der Waals surface area contributed by atoms with Crippen molar-refractivity contribution in [2.45, 2.75) is 19.0 Å². The van der Waals surface area contributed by atoms with Gasteiger partial charge < -0.3 is 20.3 Å². The second-order valence-corrected chi connectivity index (χ2v) is 6.12. The number of guanidine groups is 1. The van der Waals surface area contributed by atoms with Crippen LogP contribution in [0.3, 0.4) is 0 Å². The van der Waals surface area contributed by atoms with Crippen LogP contribution in [0.2, 0.25) is 0 Å². The van der Waals surface area contributed by atoms with Gasteiger partial charge in [0.25, 0.3) is 0 Å². The molecule has 2 N–H and O–H groups in total. The van der Waals surface area contributed by atoms with Crippen LogP contribution in [0.25, 0.3) is 0 Å². The zero-order chi connectivity index (χ0) is 18.5. The summed E-state index contributed by atoms with van der Waals surface area (Å²) in [5.41, 5.74) is 1.89. The van der Waals surface area contributed by atoms with Crippen LogP contribution >= 0.6 is 24.0 Å². The lowest BCUT2D eigenvalue weighted by Gasteiger charge is -2.19. The minimum absolute atomic E-state index is 0. The highest BCUT2D eigenvalue weighted by Crippen LogP contribution is 2.25. The molecule has 1 atom stereocenters. The fourth-order valence-electron chi connectivity index (χ4n) is 2.97. The molecular formula is C18H25IN6O2. The summed E-state index contributed by atoms with van der Waals surface area (Å²) in [4.78, 5) is 18.4. The van der Waals surface area contributed by atoms with Crippen molar-refractivity contribution in [1.82, 2.24) is 20.4 Å². The van der Waals surface area contributed by atoms with Gasteiger partial charge in [-0.2, -0.15) is 5.10 Å². The number of methoxy groups -OCH3 is 1. The largest absolute Gasteiger partial charge is 0.497 e. The van der Waals surface area contributed by atoms with E-state index in [1.54, 1.807) is 25.3 Å². The summed E-state index contributed by atoms with van der Waals surface area (Å²) in [6.45, 7) is 1.19. The van der Waals surface area contributed by atoms with Crippen molar-refractivity contribution in [1.29, 1.82) is 0 Å². The van der Waals surface area contributed by atoms with E-state index in [1.165, 1.54) is 0 Å². The Morgan fingerprint density at radius 3 is 2.89 bits per heavy atom. The van der Waals surface area contributed by atoms with Gasteiger partial charge in [0.2, 0.25) is 5.91 Å². The molecule has 146 valence electrons. The van der Waals surface area contributed by atoms with Crippen LogP contribution in [0.5, 0.6) is 5.75 Å². The van der Waals surface area contributed by atoms with Crippen molar-refractivity contribution in [3.05, 3.63) is 42.2 Å². The average Bonchev–Trinajstić information content (AvgIpc) is 3.23. The highest BCUT2D eigenvalue weighted by atomic mass is 127. The topological polar surface area (TPSA) is 83.8 Å². The molecule has 1 saturated heterocycles.